The number of rotatable bonds is 4. The topological polar surface area (TPSA) is 29.2 Å². The molecular formula is C20H21ClN3+. The first-order valence-electron chi connectivity index (χ1n) is 7.95. The maximum atomic E-state index is 6.62. The van der Waals surface area contributed by atoms with Crippen molar-refractivity contribution in [1.82, 2.24) is 4.90 Å². The molecule has 2 aromatic rings. The zero-order valence-corrected chi connectivity index (χ0v) is 14.4. The number of likely N-dealkylation sites (N-methyl/N-ethyl adjacent to an activating group) is 1. The molecule has 24 heavy (non-hydrogen) atoms. The van der Waals surface area contributed by atoms with Gasteiger partial charge in [0.1, 0.15) is 0 Å². The van der Waals surface area contributed by atoms with Crippen molar-refractivity contribution in [1.29, 1.82) is 0 Å². The van der Waals surface area contributed by atoms with E-state index in [1.54, 1.807) is 0 Å². The average molecular weight is 339 g/mol. The molecule has 1 aliphatic heterocycles. The molecule has 0 bridgehead atoms. The second-order valence-electron chi connectivity index (χ2n) is 5.85. The monoisotopic (exact) mass is 338 g/mol. The van der Waals surface area contributed by atoms with Crippen LogP contribution in [0.4, 0.5) is 11.4 Å². The second-order valence-corrected chi connectivity index (χ2v) is 6.22. The van der Waals surface area contributed by atoms with Crippen LogP contribution in [0.25, 0.3) is 0 Å². The highest BCUT2D eigenvalue weighted by Crippen LogP contribution is 2.24. The van der Waals surface area contributed by atoms with Gasteiger partial charge in [-0.15, -0.1) is 0 Å². The number of nitrogens with zero attached hydrogens (tertiary/aromatic N) is 1. The largest absolute Gasteiger partial charge is 0.361 e. The Labute approximate surface area is 148 Å². The van der Waals surface area contributed by atoms with Crippen molar-refractivity contribution in [2.45, 2.75) is 0 Å². The van der Waals surface area contributed by atoms with E-state index in [2.05, 4.69) is 22.3 Å². The van der Waals surface area contributed by atoms with E-state index in [1.165, 1.54) is 0 Å². The standard InChI is InChI=1S/C20H20ClN3/c1-24-14-16(12-22-18-8-4-2-5-9-18)20(21)17(15-24)13-23-19-10-6-3-7-11-19/h2-13,22H,14-15H2,1H3/p+1/b16-12+,23-13?. The van der Waals surface area contributed by atoms with E-state index in [1.807, 2.05) is 73.1 Å². The summed E-state index contributed by atoms with van der Waals surface area (Å²) in [6.45, 7) is 1.64. The van der Waals surface area contributed by atoms with Gasteiger partial charge in [0.15, 0.2) is 6.21 Å². The zero-order valence-electron chi connectivity index (χ0n) is 13.7. The molecular weight excluding hydrogens is 318 g/mol. The minimum atomic E-state index is 0.806. The van der Waals surface area contributed by atoms with Gasteiger partial charge in [0.25, 0.3) is 0 Å². The van der Waals surface area contributed by atoms with Crippen molar-refractivity contribution in [3.05, 3.63) is 83.0 Å². The predicted octanol–water partition coefficient (Wildman–Crippen LogP) is 2.90. The van der Waals surface area contributed by atoms with Crippen LogP contribution in [0.5, 0.6) is 0 Å². The van der Waals surface area contributed by atoms with Gasteiger partial charge in [-0.2, -0.15) is 0 Å². The molecule has 122 valence electrons. The maximum Gasteiger partial charge on any atom is 0.203 e. The number of benzene rings is 2. The van der Waals surface area contributed by atoms with Crippen molar-refractivity contribution in [2.75, 3.05) is 25.5 Å². The van der Waals surface area contributed by atoms with Gasteiger partial charge in [-0.1, -0.05) is 48.0 Å². The van der Waals surface area contributed by atoms with Crippen LogP contribution in [-0.4, -0.2) is 31.3 Å². The molecule has 0 aromatic heterocycles. The minimum Gasteiger partial charge on any atom is -0.361 e. The van der Waals surface area contributed by atoms with E-state index in [-0.39, 0.29) is 0 Å². The third kappa shape index (κ3) is 4.34. The van der Waals surface area contributed by atoms with E-state index in [4.69, 9.17) is 11.6 Å². The fraction of sp³-hybridized carbons (Fsp3) is 0.150. The van der Waals surface area contributed by atoms with Gasteiger partial charge in [-0.05, 0) is 19.2 Å². The number of halogens is 1. The molecule has 2 aromatic carbocycles. The third-order valence-corrected chi connectivity index (χ3v) is 4.30. The molecule has 3 nitrogen and oxygen atoms in total. The molecule has 0 saturated carbocycles. The van der Waals surface area contributed by atoms with Crippen molar-refractivity contribution in [3.63, 3.8) is 0 Å². The van der Waals surface area contributed by atoms with Crippen molar-refractivity contribution in [3.8, 4) is 0 Å². The molecule has 3 rings (SSSR count). The van der Waals surface area contributed by atoms with Crippen LogP contribution in [0, 0.1) is 0 Å². The fourth-order valence-corrected chi connectivity index (χ4v) is 2.84. The predicted molar refractivity (Wildman–Crippen MR) is 102 cm³/mol. The molecule has 0 unspecified atom stereocenters. The Balaban J connectivity index is 1.81. The number of nitrogens with one attached hydrogen (secondary N) is 2. The first kappa shape index (κ1) is 16.5. The summed E-state index contributed by atoms with van der Waals surface area (Å²) >= 11 is 6.62. The Morgan fingerprint density at radius 3 is 2.38 bits per heavy atom. The third-order valence-electron chi connectivity index (χ3n) is 3.82. The summed E-state index contributed by atoms with van der Waals surface area (Å²) < 4.78 is 0. The van der Waals surface area contributed by atoms with Crippen LogP contribution in [0.3, 0.4) is 0 Å². The molecule has 1 aliphatic rings. The smallest absolute Gasteiger partial charge is 0.203 e. The Bertz CT molecular complexity index is 764. The summed E-state index contributed by atoms with van der Waals surface area (Å²) in [5, 5.41) is 4.12. The van der Waals surface area contributed by atoms with Gasteiger partial charge in [-0.25, -0.2) is 4.99 Å². The Morgan fingerprint density at radius 1 is 1.00 bits per heavy atom. The molecule has 0 aliphatic carbocycles. The number of para-hydroxylation sites is 2. The van der Waals surface area contributed by atoms with Gasteiger partial charge in [-0.3, -0.25) is 4.90 Å². The lowest BCUT2D eigenvalue weighted by Gasteiger charge is -2.25. The van der Waals surface area contributed by atoms with Crippen LogP contribution in [0.15, 0.2) is 83.0 Å². The van der Waals surface area contributed by atoms with Gasteiger partial charge in [0, 0.05) is 48.3 Å². The Hall–Kier alpha value is -2.36. The van der Waals surface area contributed by atoms with Crippen LogP contribution in [-0.2, 0) is 0 Å². The zero-order chi connectivity index (χ0) is 16.8. The molecule has 0 amide bonds. The second kappa shape index (κ2) is 7.95. The van der Waals surface area contributed by atoms with Crippen molar-refractivity contribution >= 4 is 29.2 Å². The molecule has 1 heterocycles. The molecule has 0 fully saturated rings. The summed E-state index contributed by atoms with van der Waals surface area (Å²) in [4.78, 5) is 5.56. The van der Waals surface area contributed by atoms with Crippen LogP contribution < -0.4 is 10.3 Å². The molecule has 2 N–H and O–H groups in total. The first-order chi connectivity index (χ1) is 11.7. The number of anilines is 1. The maximum absolute atomic E-state index is 6.62. The highest BCUT2D eigenvalue weighted by atomic mass is 35.5. The van der Waals surface area contributed by atoms with E-state index >= 15 is 0 Å². The molecule has 0 saturated heterocycles. The lowest BCUT2D eigenvalue weighted by molar-refractivity contribution is -0.347. The molecule has 0 spiro atoms. The Morgan fingerprint density at radius 2 is 1.67 bits per heavy atom. The van der Waals surface area contributed by atoms with Gasteiger partial charge < -0.3 is 5.32 Å². The van der Waals surface area contributed by atoms with E-state index in [0.29, 0.717) is 0 Å². The highest BCUT2D eigenvalue weighted by Gasteiger charge is 2.20. The van der Waals surface area contributed by atoms with Crippen molar-refractivity contribution < 1.29 is 4.99 Å². The van der Waals surface area contributed by atoms with Crippen LogP contribution in [0.2, 0.25) is 0 Å². The van der Waals surface area contributed by atoms with Gasteiger partial charge in [0.05, 0.1) is 5.03 Å². The molecule has 0 radical (unpaired) electrons. The van der Waals surface area contributed by atoms with E-state index in [9.17, 15) is 0 Å². The van der Waals surface area contributed by atoms with Gasteiger partial charge in [0.2, 0.25) is 5.69 Å². The number of hydrogen-bond donors (Lipinski definition) is 2. The van der Waals surface area contributed by atoms with E-state index in [0.717, 1.165) is 40.6 Å². The molecule has 4 heteroatoms. The first-order valence-corrected chi connectivity index (χ1v) is 8.33. The summed E-state index contributed by atoms with van der Waals surface area (Å²) in [6, 6.07) is 20.2. The minimum absolute atomic E-state index is 0.806. The average Bonchev–Trinajstić information content (AvgIpc) is 2.62. The molecule has 0 atom stereocenters. The van der Waals surface area contributed by atoms with Crippen LogP contribution in [0.1, 0.15) is 0 Å². The lowest BCUT2D eigenvalue weighted by atomic mass is 10.1. The summed E-state index contributed by atoms with van der Waals surface area (Å²) in [7, 11) is 2.09. The quantitative estimate of drug-likeness (QED) is 0.839. The number of hydrogen-bond acceptors (Lipinski definition) is 2. The SMILES string of the molecule is CN1CC(C=[NH+]c2ccccc2)=C(Cl)/C(=C/Nc2ccccc2)C1. The van der Waals surface area contributed by atoms with E-state index < -0.39 is 0 Å². The van der Waals surface area contributed by atoms with Crippen LogP contribution >= 0.6 is 11.6 Å². The Kier molecular flexibility index (Phi) is 5.47. The normalized spacial score (nSPS) is 17.7. The summed E-state index contributed by atoms with van der Waals surface area (Å²) in [6.07, 6.45) is 3.98. The summed E-state index contributed by atoms with van der Waals surface area (Å²) in [5.41, 5.74) is 4.26. The van der Waals surface area contributed by atoms with Crippen molar-refractivity contribution in [2.24, 2.45) is 0 Å². The van der Waals surface area contributed by atoms with Gasteiger partial charge >= 0.3 is 0 Å². The fourth-order valence-electron chi connectivity index (χ4n) is 2.61. The summed E-state index contributed by atoms with van der Waals surface area (Å²) in [5.74, 6) is 0. The lowest BCUT2D eigenvalue weighted by Crippen LogP contribution is -2.62. The highest BCUT2D eigenvalue weighted by molar-refractivity contribution is 6.33.